The topological polar surface area (TPSA) is 17.1 Å². The molecule has 0 saturated heterocycles. The molecule has 0 aliphatic heterocycles. The Hall–Kier alpha value is -1.02. The van der Waals surface area contributed by atoms with Crippen LogP contribution in [-0.4, -0.2) is 11.0 Å². The lowest BCUT2D eigenvalue weighted by molar-refractivity contribution is -0.115. The van der Waals surface area contributed by atoms with Crippen LogP contribution in [0.5, 0.6) is 0 Å². The monoisotopic (exact) mass is 272 g/mol. The maximum absolute atomic E-state index is 11.6. The average Bonchev–Trinajstić information content (AvgIpc) is 2.41. The number of rotatable bonds is 2. The highest BCUT2D eigenvalue weighted by molar-refractivity contribution is 8.00. The zero-order valence-corrected chi connectivity index (χ0v) is 12.2. The fourth-order valence-electron chi connectivity index (χ4n) is 3.21. The summed E-state index contributed by atoms with van der Waals surface area (Å²) in [5.41, 5.74) is 1.71. The molecule has 0 unspecified atom stereocenters. The summed E-state index contributed by atoms with van der Waals surface area (Å²) >= 11 is 1.97. The van der Waals surface area contributed by atoms with Gasteiger partial charge in [0.2, 0.25) is 0 Å². The third kappa shape index (κ3) is 2.79. The summed E-state index contributed by atoms with van der Waals surface area (Å²) < 4.78 is 0. The minimum atomic E-state index is 0.307. The van der Waals surface area contributed by atoms with E-state index in [1.807, 2.05) is 17.8 Å². The number of thioether (sulfide) groups is 1. The van der Waals surface area contributed by atoms with Crippen molar-refractivity contribution in [1.82, 2.24) is 0 Å². The number of hydrogen-bond donors (Lipinski definition) is 0. The standard InChI is InChI=1S/C17H20OS/c1-17-9-7-14(18)11-13(17)12-16(8-10-17)19-15-5-3-2-4-6-15/h2-6,11,16H,7-10,12H2,1H3/t16-,17-/m1/s1. The van der Waals surface area contributed by atoms with Crippen molar-refractivity contribution in [2.75, 3.05) is 0 Å². The molecule has 2 heteroatoms. The summed E-state index contributed by atoms with van der Waals surface area (Å²) in [7, 11) is 0. The SMILES string of the molecule is C[C@]12CCC(=O)C=C1C[C@H](Sc1ccccc1)CC2. The molecule has 1 aromatic carbocycles. The van der Waals surface area contributed by atoms with Crippen LogP contribution in [0.25, 0.3) is 0 Å². The third-order valence-corrected chi connectivity index (χ3v) is 5.83. The molecule has 100 valence electrons. The van der Waals surface area contributed by atoms with Crippen molar-refractivity contribution < 1.29 is 4.79 Å². The molecule has 0 heterocycles. The fraction of sp³-hybridized carbons (Fsp3) is 0.471. The van der Waals surface area contributed by atoms with Crippen LogP contribution in [0.1, 0.15) is 39.0 Å². The van der Waals surface area contributed by atoms with Gasteiger partial charge in [-0.05, 0) is 49.3 Å². The largest absolute Gasteiger partial charge is 0.295 e. The number of hydrogen-bond acceptors (Lipinski definition) is 2. The van der Waals surface area contributed by atoms with Gasteiger partial charge in [0.05, 0.1) is 0 Å². The van der Waals surface area contributed by atoms with Crippen molar-refractivity contribution in [1.29, 1.82) is 0 Å². The summed E-state index contributed by atoms with van der Waals surface area (Å²) in [6.45, 7) is 2.34. The first kappa shape index (κ1) is 13.0. The molecule has 0 aromatic heterocycles. The van der Waals surface area contributed by atoms with E-state index in [4.69, 9.17) is 0 Å². The van der Waals surface area contributed by atoms with Gasteiger partial charge in [0.25, 0.3) is 0 Å². The Labute approximate surface area is 119 Å². The Morgan fingerprint density at radius 2 is 2.00 bits per heavy atom. The molecule has 0 spiro atoms. The van der Waals surface area contributed by atoms with Gasteiger partial charge >= 0.3 is 0 Å². The van der Waals surface area contributed by atoms with Crippen molar-refractivity contribution in [2.24, 2.45) is 5.41 Å². The minimum Gasteiger partial charge on any atom is -0.295 e. The van der Waals surface area contributed by atoms with E-state index in [2.05, 4.69) is 37.3 Å². The zero-order chi connectivity index (χ0) is 13.3. The summed E-state index contributed by atoms with van der Waals surface area (Å²) in [6.07, 6.45) is 7.33. The first-order valence-electron chi connectivity index (χ1n) is 7.11. The van der Waals surface area contributed by atoms with E-state index < -0.39 is 0 Å². The highest BCUT2D eigenvalue weighted by Gasteiger charge is 2.38. The molecule has 2 aliphatic rings. The Morgan fingerprint density at radius 3 is 2.79 bits per heavy atom. The van der Waals surface area contributed by atoms with E-state index in [0.29, 0.717) is 16.4 Å². The molecule has 19 heavy (non-hydrogen) atoms. The van der Waals surface area contributed by atoms with E-state index in [1.54, 1.807) is 0 Å². The lowest BCUT2D eigenvalue weighted by Gasteiger charge is -2.41. The molecular formula is C17H20OS. The van der Waals surface area contributed by atoms with Gasteiger partial charge in [-0.2, -0.15) is 0 Å². The van der Waals surface area contributed by atoms with Crippen molar-refractivity contribution in [3.63, 3.8) is 0 Å². The quantitative estimate of drug-likeness (QED) is 0.781. The molecule has 1 nitrogen and oxygen atoms in total. The lowest BCUT2D eigenvalue weighted by atomic mass is 9.66. The number of fused-ring (bicyclic) bond motifs is 1. The van der Waals surface area contributed by atoms with Gasteiger partial charge in [0.1, 0.15) is 0 Å². The molecule has 1 saturated carbocycles. The van der Waals surface area contributed by atoms with Gasteiger partial charge in [-0.15, -0.1) is 11.8 Å². The molecule has 0 amide bonds. The van der Waals surface area contributed by atoms with E-state index in [-0.39, 0.29) is 0 Å². The molecule has 0 bridgehead atoms. The maximum Gasteiger partial charge on any atom is 0.155 e. The molecule has 1 fully saturated rings. The van der Waals surface area contributed by atoms with Crippen LogP contribution in [-0.2, 0) is 4.79 Å². The normalized spacial score (nSPS) is 30.7. The van der Waals surface area contributed by atoms with Crippen LogP contribution in [0.3, 0.4) is 0 Å². The molecule has 1 aromatic rings. The Balaban J connectivity index is 1.73. The van der Waals surface area contributed by atoms with Gasteiger partial charge in [-0.1, -0.05) is 30.7 Å². The predicted molar refractivity (Wildman–Crippen MR) is 80.4 cm³/mol. The molecule has 2 aliphatic carbocycles. The van der Waals surface area contributed by atoms with Crippen LogP contribution >= 0.6 is 11.8 Å². The minimum absolute atomic E-state index is 0.307. The third-order valence-electron chi connectivity index (χ3n) is 4.55. The van der Waals surface area contributed by atoms with Gasteiger partial charge in [0, 0.05) is 16.6 Å². The van der Waals surface area contributed by atoms with E-state index in [1.165, 1.54) is 23.3 Å². The molecule has 3 rings (SSSR count). The average molecular weight is 272 g/mol. The first-order chi connectivity index (χ1) is 9.16. The fourth-order valence-corrected chi connectivity index (χ4v) is 4.41. The van der Waals surface area contributed by atoms with E-state index in [0.717, 1.165) is 19.3 Å². The van der Waals surface area contributed by atoms with Crippen LogP contribution in [0.15, 0.2) is 46.9 Å². The summed E-state index contributed by atoms with van der Waals surface area (Å²) in [5, 5.41) is 0.632. The van der Waals surface area contributed by atoms with Crippen molar-refractivity contribution >= 4 is 17.5 Å². The molecular weight excluding hydrogens is 252 g/mol. The second kappa shape index (κ2) is 5.16. The van der Waals surface area contributed by atoms with Crippen LogP contribution in [0, 0.1) is 5.41 Å². The zero-order valence-electron chi connectivity index (χ0n) is 11.4. The van der Waals surface area contributed by atoms with Gasteiger partial charge in [-0.3, -0.25) is 4.79 Å². The maximum atomic E-state index is 11.6. The Kier molecular flexibility index (Phi) is 3.53. The van der Waals surface area contributed by atoms with E-state index >= 15 is 0 Å². The second-order valence-corrected chi connectivity index (χ2v) is 7.37. The number of ketones is 1. The predicted octanol–water partition coefficient (Wildman–Crippen LogP) is 4.63. The van der Waals surface area contributed by atoms with Crippen LogP contribution in [0.4, 0.5) is 0 Å². The van der Waals surface area contributed by atoms with Crippen LogP contribution < -0.4 is 0 Å². The molecule has 0 radical (unpaired) electrons. The van der Waals surface area contributed by atoms with Gasteiger partial charge in [-0.25, -0.2) is 0 Å². The number of carbonyl (C=O) groups excluding carboxylic acids is 1. The number of carbonyl (C=O) groups is 1. The highest BCUT2D eigenvalue weighted by Crippen LogP contribution is 2.49. The smallest absolute Gasteiger partial charge is 0.155 e. The Morgan fingerprint density at radius 1 is 1.21 bits per heavy atom. The Bertz CT molecular complexity index is 505. The van der Waals surface area contributed by atoms with Crippen molar-refractivity contribution in [3.05, 3.63) is 42.0 Å². The number of allylic oxidation sites excluding steroid dienone is 2. The van der Waals surface area contributed by atoms with Crippen LogP contribution in [0.2, 0.25) is 0 Å². The first-order valence-corrected chi connectivity index (χ1v) is 7.99. The summed E-state index contributed by atoms with van der Waals surface area (Å²) in [6, 6.07) is 10.6. The number of benzene rings is 1. The van der Waals surface area contributed by atoms with Crippen molar-refractivity contribution in [2.45, 2.75) is 49.2 Å². The van der Waals surface area contributed by atoms with Gasteiger partial charge in [0.15, 0.2) is 5.78 Å². The van der Waals surface area contributed by atoms with Gasteiger partial charge < -0.3 is 0 Å². The lowest BCUT2D eigenvalue weighted by Crippen LogP contribution is -2.32. The molecule has 0 N–H and O–H groups in total. The highest BCUT2D eigenvalue weighted by atomic mass is 32.2. The molecule has 2 atom stereocenters. The second-order valence-electron chi connectivity index (χ2n) is 5.99. The van der Waals surface area contributed by atoms with E-state index in [9.17, 15) is 4.79 Å². The summed E-state index contributed by atoms with van der Waals surface area (Å²) in [5.74, 6) is 0.331. The summed E-state index contributed by atoms with van der Waals surface area (Å²) in [4.78, 5) is 13.0. The van der Waals surface area contributed by atoms with Crippen molar-refractivity contribution in [3.8, 4) is 0 Å².